The molecule has 0 fully saturated rings. The van der Waals surface area contributed by atoms with Gasteiger partial charge in [0.15, 0.2) is 5.76 Å². The molecule has 0 saturated heterocycles. The van der Waals surface area contributed by atoms with E-state index in [1.165, 1.54) is 24.6 Å². The van der Waals surface area contributed by atoms with Gasteiger partial charge < -0.3 is 9.15 Å². The summed E-state index contributed by atoms with van der Waals surface area (Å²) in [6, 6.07) is 13.1. The first kappa shape index (κ1) is 21.2. The van der Waals surface area contributed by atoms with Gasteiger partial charge in [-0.3, -0.25) is 14.9 Å². The van der Waals surface area contributed by atoms with E-state index in [2.05, 4.69) is 55.7 Å². The summed E-state index contributed by atoms with van der Waals surface area (Å²) in [6.45, 7) is 0.288. The molecule has 0 unspecified atom stereocenters. The minimum atomic E-state index is -0.437. The monoisotopic (exact) mass is 617 g/mol. The Balaban J connectivity index is 1.63. The molecule has 0 aliphatic rings. The van der Waals surface area contributed by atoms with Gasteiger partial charge in [-0.05, 0) is 92.7 Å². The van der Waals surface area contributed by atoms with E-state index < -0.39 is 10.8 Å². The number of hydrogen-bond acceptors (Lipinski definition) is 6. The standard InChI is InChI=1S/C19H13I2N3O5/c20-15-8-13(10-22-23-19(25)17-2-1-7-28-17)9-16(21)18(15)29-11-12-3-5-14(6-4-12)24(26)27/h1-10H,11H2,(H,23,25)/b22-10+. The summed E-state index contributed by atoms with van der Waals surface area (Å²) in [5, 5.41) is 14.7. The summed E-state index contributed by atoms with van der Waals surface area (Å²) in [5.74, 6) is 0.460. The van der Waals surface area contributed by atoms with E-state index in [0.717, 1.165) is 18.3 Å². The number of carbonyl (C=O) groups is 1. The highest BCUT2D eigenvalue weighted by atomic mass is 127. The largest absolute Gasteiger partial charge is 0.487 e. The van der Waals surface area contributed by atoms with Gasteiger partial charge >= 0.3 is 5.91 Å². The van der Waals surface area contributed by atoms with Crippen molar-refractivity contribution in [1.29, 1.82) is 0 Å². The normalized spacial score (nSPS) is 10.8. The molecule has 0 spiro atoms. The van der Waals surface area contributed by atoms with Crippen LogP contribution in [0.15, 0.2) is 64.3 Å². The third kappa shape index (κ3) is 5.76. The summed E-state index contributed by atoms with van der Waals surface area (Å²) in [6.07, 6.45) is 2.95. The number of carbonyl (C=O) groups excluding carboxylic acids is 1. The van der Waals surface area contributed by atoms with Crippen molar-refractivity contribution in [3.63, 3.8) is 0 Å². The fourth-order valence-electron chi connectivity index (χ4n) is 2.29. The first-order valence-electron chi connectivity index (χ1n) is 8.16. The molecule has 2 aromatic carbocycles. The van der Waals surface area contributed by atoms with E-state index in [4.69, 9.17) is 9.15 Å². The molecule has 29 heavy (non-hydrogen) atoms. The first-order valence-corrected chi connectivity index (χ1v) is 10.3. The number of hydrogen-bond donors (Lipinski definition) is 1. The number of benzene rings is 2. The highest BCUT2D eigenvalue weighted by molar-refractivity contribution is 14.1. The van der Waals surface area contributed by atoms with Crippen LogP contribution >= 0.6 is 45.2 Å². The Kier molecular flexibility index (Phi) is 7.19. The van der Waals surface area contributed by atoms with Crippen LogP contribution in [0, 0.1) is 17.3 Å². The summed E-state index contributed by atoms with van der Waals surface area (Å²) in [4.78, 5) is 22.1. The van der Waals surface area contributed by atoms with E-state index in [0.29, 0.717) is 5.75 Å². The van der Waals surface area contributed by atoms with Crippen molar-refractivity contribution in [1.82, 2.24) is 5.43 Å². The Hall–Kier alpha value is -2.48. The second kappa shape index (κ2) is 9.82. The molecule has 0 saturated carbocycles. The molecule has 148 valence electrons. The van der Waals surface area contributed by atoms with Gasteiger partial charge in [-0.15, -0.1) is 0 Å². The Morgan fingerprint density at radius 1 is 1.21 bits per heavy atom. The molecule has 0 atom stereocenters. The van der Waals surface area contributed by atoms with Gasteiger partial charge in [0.25, 0.3) is 5.69 Å². The van der Waals surface area contributed by atoms with E-state index in [1.807, 2.05) is 12.1 Å². The lowest BCUT2D eigenvalue weighted by Gasteiger charge is -2.11. The number of rotatable bonds is 7. The van der Waals surface area contributed by atoms with Gasteiger partial charge in [0.2, 0.25) is 0 Å². The molecule has 1 N–H and O–H groups in total. The topological polar surface area (TPSA) is 107 Å². The third-order valence-electron chi connectivity index (χ3n) is 3.68. The average Bonchev–Trinajstić information content (AvgIpc) is 3.22. The summed E-state index contributed by atoms with van der Waals surface area (Å²) in [5.41, 5.74) is 4.06. The number of nitro groups is 1. The van der Waals surface area contributed by atoms with Crippen molar-refractivity contribution in [2.75, 3.05) is 0 Å². The van der Waals surface area contributed by atoms with Crippen LogP contribution in [-0.4, -0.2) is 17.0 Å². The number of halogens is 2. The second-order valence-electron chi connectivity index (χ2n) is 5.70. The molecular weight excluding hydrogens is 604 g/mol. The maximum Gasteiger partial charge on any atom is 0.307 e. The van der Waals surface area contributed by atoms with Crippen LogP contribution in [0.2, 0.25) is 0 Å². The zero-order valence-electron chi connectivity index (χ0n) is 14.7. The number of non-ortho nitro benzene ring substituents is 1. The zero-order chi connectivity index (χ0) is 20.8. The van der Waals surface area contributed by atoms with Gasteiger partial charge in [0, 0.05) is 12.1 Å². The second-order valence-corrected chi connectivity index (χ2v) is 8.03. The van der Waals surface area contributed by atoms with Crippen LogP contribution in [0.25, 0.3) is 0 Å². The predicted molar refractivity (Wildman–Crippen MR) is 123 cm³/mol. The summed E-state index contributed by atoms with van der Waals surface area (Å²) < 4.78 is 12.6. The lowest BCUT2D eigenvalue weighted by Crippen LogP contribution is -2.16. The van der Waals surface area contributed by atoms with Crippen molar-refractivity contribution >= 4 is 63.0 Å². The van der Waals surface area contributed by atoms with Crippen LogP contribution in [0.1, 0.15) is 21.7 Å². The lowest BCUT2D eigenvalue weighted by molar-refractivity contribution is -0.384. The molecule has 1 heterocycles. The minimum Gasteiger partial charge on any atom is -0.487 e. The molecule has 1 amide bonds. The highest BCUT2D eigenvalue weighted by Crippen LogP contribution is 2.29. The van der Waals surface area contributed by atoms with Gasteiger partial charge in [-0.25, -0.2) is 5.43 Å². The fraction of sp³-hybridized carbons (Fsp3) is 0.0526. The zero-order valence-corrected chi connectivity index (χ0v) is 19.0. The third-order valence-corrected chi connectivity index (χ3v) is 5.28. The van der Waals surface area contributed by atoms with Gasteiger partial charge in [0.1, 0.15) is 12.4 Å². The fourth-order valence-corrected chi connectivity index (χ4v) is 4.42. The smallest absolute Gasteiger partial charge is 0.307 e. The number of amides is 1. The summed E-state index contributed by atoms with van der Waals surface area (Å²) in [7, 11) is 0. The molecule has 3 aromatic rings. The van der Waals surface area contributed by atoms with Crippen LogP contribution in [0.5, 0.6) is 5.75 Å². The minimum absolute atomic E-state index is 0.0423. The van der Waals surface area contributed by atoms with Crippen LogP contribution in [0.3, 0.4) is 0 Å². The van der Waals surface area contributed by atoms with E-state index in [-0.39, 0.29) is 18.1 Å². The highest BCUT2D eigenvalue weighted by Gasteiger charge is 2.10. The number of ether oxygens (including phenoxy) is 1. The van der Waals surface area contributed by atoms with Gasteiger partial charge in [-0.2, -0.15) is 5.10 Å². The molecule has 0 aliphatic heterocycles. The molecule has 0 radical (unpaired) electrons. The van der Waals surface area contributed by atoms with Crippen molar-refractivity contribution in [3.05, 3.63) is 88.9 Å². The number of nitro benzene ring substituents is 1. The van der Waals surface area contributed by atoms with E-state index >= 15 is 0 Å². The van der Waals surface area contributed by atoms with Gasteiger partial charge in [-0.1, -0.05) is 0 Å². The van der Waals surface area contributed by atoms with Crippen molar-refractivity contribution < 1.29 is 18.9 Å². The quantitative estimate of drug-likeness (QED) is 0.179. The Morgan fingerprint density at radius 2 is 1.90 bits per heavy atom. The maximum absolute atomic E-state index is 11.8. The molecule has 0 aliphatic carbocycles. The number of nitrogens with one attached hydrogen (secondary N) is 1. The van der Waals surface area contributed by atoms with E-state index in [1.54, 1.807) is 24.3 Å². The predicted octanol–water partition coefficient (Wildman–Crippen LogP) is 4.74. The summed E-state index contributed by atoms with van der Waals surface area (Å²) >= 11 is 4.32. The van der Waals surface area contributed by atoms with Crippen LogP contribution in [0.4, 0.5) is 5.69 Å². The molecule has 1 aromatic heterocycles. The average molecular weight is 617 g/mol. The maximum atomic E-state index is 11.8. The Bertz CT molecular complexity index is 1030. The molecule has 8 nitrogen and oxygen atoms in total. The van der Waals surface area contributed by atoms with E-state index in [9.17, 15) is 14.9 Å². The van der Waals surface area contributed by atoms with Crippen molar-refractivity contribution in [2.45, 2.75) is 6.61 Å². The molecule has 3 rings (SSSR count). The van der Waals surface area contributed by atoms with Crippen molar-refractivity contribution in [2.24, 2.45) is 5.10 Å². The SMILES string of the molecule is O=C(N/N=C/c1cc(I)c(OCc2ccc([N+](=O)[O-])cc2)c(I)c1)c1ccco1. The van der Waals surface area contributed by atoms with Crippen LogP contribution in [-0.2, 0) is 6.61 Å². The number of hydrazone groups is 1. The number of furan rings is 1. The molecular formula is C19H13I2N3O5. The van der Waals surface area contributed by atoms with Crippen molar-refractivity contribution in [3.8, 4) is 5.75 Å². The van der Waals surface area contributed by atoms with Crippen LogP contribution < -0.4 is 10.2 Å². The number of nitrogens with zero attached hydrogens (tertiary/aromatic N) is 2. The Labute approximate surface area is 192 Å². The van der Waals surface area contributed by atoms with Gasteiger partial charge in [0.05, 0.1) is 24.5 Å². The lowest BCUT2D eigenvalue weighted by atomic mass is 10.2. The molecule has 0 bridgehead atoms. The first-order chi connectivity index (χ1) is 13.9. The molecule has 10 heteroatoms. The Morgan fingerprint density at radius 3 is 2.48 bits per heavy atom.